The molecule has 0 aliphatic carbocycles. The standard InChI is InChI=1S/C48H30N6/c1-3-15-31(16-4-1)45-50-46(32-17-5-2-6-18-32)52-47(51-45)35-27-34(28-36(29-35)53-42-24-12-8-20-37(42)38-21-9-13-25-43(38)53)39-30-33-19-7-11-23-41(33)54-44-26-14-10-22-40(44)49-48(39)54/h1-30H. The molecule has 54 heavy (non-hydrogen) atoms. The molecule has 7 aromatic carbocycles. The van der Waals surface area contributed by atoms with Crippen molar-refractivity contribution in [1.29, 1.82) is 0 Å². The van der Waals surface area contributed by atoms with Crippen molar-refractivity contribution in [2.45, 2.75) is 0 Å². The fraction of sp³-hybridized carbons (Fsp3) is 0. The van der Waals surface area contributed by atoms with Crippen LogP contribution in [0.15, 0.2) is 182 Å². The first-order chi connectivity index (χ1) is 26.8. The van der Waals surface area contributed by atoms with Gasteiger partial charge < -0.3 is 4.57 Å². The van der Waals surface area contributed by atoms with E-state index in [-0.39, 0.29) is 0 Å². The number of imidazole rings is 1. The summed E-state index contributed by atoms with van der Waals surface area (Å²) in [7, 11) is 0. The molecule has 0 aliphatic heterocycles. The van der Waals surface area contributed by atoms with Gasteiger partial charge in [0, 0.05) is 38.7 Å². The van der Waals surface area contributed by atoms with Gasteiger partial charge in [-0.2, -0.15) is 0 Å². The molecule has 0 bridgehead atoms. The fourth-order valence-electron chi connectivity index (χ4n) is 7.86. The number of nitrogens with zero attached hydrogens (tertiary/aromatic N) is 6. The first-order valence-corrected chi connectivity index (χ1v) is 18.1. The second kappa shape index (κ2) is 12.1. The average molecular weight is 691 g/mol. The molecule has 252 valence electrons. The molecule has 0 fully saturated rings. The molecule has 6 heteroatoms. The third-order valence-electron chi connectivity index (χ3n) is 10.3. The van der Waals surface area contributed by atoms with Crippen molar-refractivity contribution < 1.29 is 0 Å². The molecule has 11 rings (SSSR count). The van der Waals surface area contributed by atoms with Crippen LogP contribution in [0.5, 0.6) is 0 Å². The highest BCUT2D eigenvalue weighted by Gasteiger charge is 2.20. The van der Waals surface area contributed by atoms with Gasteiger partial charge in [-0.1, -0.05) is 127 Å². The van der Waals surface area contributed by atoms with E-state index in [0.29, 0.717) is 17.5 Å². The SMILES string of the molecule is c1ccc(-c2nc(-c3ccccc3)nc(-c3cc(-c4cc5ccccc5n5c4nc4ccccc45)cc(-n4c5ccccc5c5ccccc54)c3)n2)cc1. The number of pyridine rings is 1. The molecule has 0 N–H and O–H groups in total. The third kappa shape index (κ3) is 4.81. The summed E-state index contributed by atoms with van der Waals surface area (Å²) in [4.78, 5) is 20.6. The number of hydrogen-bond donors (Lipinski definition) is 0. The Morgan fingerprint density at radius 1 is 0.352 bits per heavy atom. The van der Waals surface area contributed by atoms with Crippen molar-refractivity contribution in [1.82, 2.24) is 28.9 Å². The molecule has 0 aliphatic rings. The van der Waals surface area contributed by atoms with Crippen molar-refractivity contribution in [3.8, 4) is 51.0 Å². The van der Waals surface area contributed by atoms with E-state index in [1.54, 1.807) is 0 Å². The van der Waals surface area contributed by atoms with E-state index >= 15 is 0 Å². The minimum absolute atomic E-state index is 0.594. The fourth-order valence-corrected chi connectivity index (χ4v) is 7.86. The Hall–Kier alpha value is -7.44. The summed E-state index contributed by atoms with van der Waals surface area (Å²) in [6.07, 6.45) is 0. The van der Waals surface area contributed by atoms with E-state index in [1.165, 1.54) is 10.8 Å². The van der Waals surface area contributed by atoms with Crippen LogP contribution in [0, 0.1) is 0 Å². The molecular formula is C48H30N6. The van der Waals surface area contributed by atoms with Gasteiger partial charge in [-0.05, 0) is 65.5 Å². The predicted octanol–water partition coefficient (Wildman–Crippen LogP) is 11.6. The Bertz CT molecular complexity index is 3110. The number of fused-ring (bicyclic) bond motifs is 8. The van der Waals surface area contributed by atoms with Gasteiger partial charge in [-0.3, -0.25) is 4.40 Å². The Morgan fingerprint density at radius 2 is 0.852 bits per heavy atom. The van der Waals surface area contributed by atoms with Gasteiger partial charge in [0.05, 0.1) is 27.6 Å². The van der Waals surface area contributed by atoms with E-state index in [9.17, 15) is 0 Å². The summed E-state index contributed by atoms with van der Waals surface area (Å²) in [5.74, 6) is 1.84. The second-order valence-electron chi connectivity index (χ2n) is 13.6. The number of hydrogen-bond acceptors (Lipinski definition) is 4. The van der Waals surface area contributed by atoms with Crippen molar-refractivity contribution >= 4 is 49.4 Å². The van der Waals surface area contributed by atoms with E-state index in [4.69, 9.17) is 19.9 Å². The average Bonchev–Trinajstić information content (AvgIpc) is 3.80. The van der Waals surface area contributed by atoms with Gasteiger partial charge in [0.2, 0.25) is 0 Å². The molecule has 0 spiro atoms. The number of aromatic nitrogens is 6. The molecular weight excluding hydrogens is 661 g/mol. The number of rotatable bonds is 5. The van der Waals surface area contributed by atoms with Gasteiger partial charge in [0.25, 0.3) is 0 Å². The summed E-state index contributed by atoms with van der Waals surface area (Å²) in [5, 5.41) is 3.53. The van der Waals surface area contributed by atoms with E-state index in [0.717, 1.165) is 72.1 Å². The van der Waals surface area contributed by atoms with Crippen molar-refractivity contribution in [3.63, 3.8) is 0 Å². The van der Waals surface area contributed by atoms with Crippen LogP contribution >= 0.6 is 0 Å². The smallest absolute Gasteiger partial charge is 0.164 e. The number of benzene rings is 7. The summed E-state index contributed by atoms with van der Waals surface area (Å²) in [6, 6.07) is 63.3. The lowest BCUT2D eigenvalue weighted by atomic mass is 10.00. The monoisotopic (exact) mass is 690 g/mol. The minimum atomic E-state index is 0.594. The molecule has 11 aromatic rings. The lowest BCUT2D eigenvalue weighted by molar-refractivity contribution is 1.07. The first-order valence-electron chi connectivity index (χ1n) is 18.1. The zero-order valence-corrected chi connectivity index (χ0v) is 29.0. The van der Waals surface area contributed by atoms with Crippen LogP contribution in [0.25, 0.3) is 100 Å². The Balaban J connectivity index is 1.25. The second-order valence-corrected chi connectivity index (χ2v) is 13.6. The molecule has 0 atom stereocenters. The van der Waals surface area contributed by atoms with Crippen LogP contribution in [0.4, 0.5) is 0 Å². The molecule has 0 saturated heterocycles. The third-order valence-corrected chi connectivity index (χ3v) is 10.3. The Kier molecular flexibility index (Phi) is 6.75. The molecule has 4 aromatic heterocycles. The number of para-hydroxylation sites is 5. The van der Waals surface area contributed by atoms with Crippen molar-refractivity contribution in [2.75, 3.05) is 0 Å². The van der Waals surface area contributed by atoms with E-state index in [1.807, 2.05) is 66.7 Å². The molecule has 6 nitrogen and oxygen atoms in total. The highest BCUT2D eigenvalue weighted by Crippen LogP contribution is 2.39. The molecule has 0 radical (unpaired) electrons. The van der Waals surface area contributed by atoms with Gasteiger partial charge in [-0.25, -0.2) is 19.9 Å². The minimum Gasteiger partial charge on any atom is -0.309 e. The zero-order valence-electron chi connectivity index (χ0n) is 29.0. The largest absolute Gasteiger partial charge is 0.309 e. The van der Waals surface area contributed by atoms with Crippen LogP contribution in [-0.2, 0) is 0 Å². The van der Waals surface area contributed by atoms with Gasteiger partial charge >= 0.3 is 0 Å². The highest BCUT2D eigenvalue weighted by molar-refractivity contribution is 6.09. The van der Waals surface area contributed by atoms with Crippen LogP contribution < -0.4 is 0 Å². The Labute approximate surface area is 310 Å². The summed E-state index contributed by atoms with van der Waals surface area (Å²) >= 11 is 0. The summed E-state index contributed by atoms with van der Waals surface area (Å²) in [6.45, 7) is 0. The van der Waals surface area contributed by atoms with Crippen molar-refractivity contribution in [3.05, 3.63) is 182 Å². The quantitative estimate of drug-likeness (QED) is 0.180. The van der Waals surface area contributed by atoms with Gasteiger partial charge in [-0.15, -0.1) is 0 Å². The van der Waals surface area contributed by atoms with Crippen LogP contribution in [0.2, 0.25) is 0 Å². The highest BCUT2D eigenvalue weighted by atomic mass is 15.0. The molecule has 0 saturated carbocycles. The molecule has 0 unspecified atom stereocenters. The lowest BCUT2D eigenvalue weighted by Gasteiger charge is -2.15. The molecule has 4 heterocycles. The van der Waals surface area contributed by atoms with Crippen molar-refractivity contribution in [2.24, 2.45) is 0 Å². The van der Waals surface area contributed by atoms with E-state index < -0.39 is 0 Å². The zero-order chi connectivity index (χ0) is 35.6. The summed E-state index contributed by atoms with van der Waals surface area (Å²) in [5.41, 5.74) is 12.1. The molecule has 0 amide bonds. The lowest BCUT2D eigenvalue weighted by Crippen LogP contribution is -2.02. The maximum Gasteiger partial charge on any atom is 0.164 e. The first kappa shape index (κ1) is 30.2. The Morgan fingerprint density at radius 3 is 1.50 bits per heavy atom. The van der Waals surface area contributed by atoms with Crippen LogP contribution in [0.3, 0.4) is 0 Å². The topological polar surface area (TPSA) is 60.9 Å². The summed E-state index contributed by atoms with van der Waals surface area (Å²) < 4.78 is 4.64. The van der Waals surface area contributed by atoms with Crippen LogP contribution in [-0.4, -0.2) is 28.9 Å². The maximum atomic E-state index is 5.26. The van der Waals surface area contributed by atoms with Gasteiger partial charge in [0.1, 0.15) is 5.65 Å². The predicted molar refractivity (Wildman–Crippen MR) is 220 cm³/mol. The maximum absolute atomic E-state index is 5.26. The normalized spacial score (nSPS) is 11.7. The van der Waals surface area contributed by atoms with Crippen LogP contribution in [0.1, 0.15) is 0 Å². The van der Waals surface area contributed by atoms with Gasteiger partial charge in [0.15, 0.2) is 17.5 Å². The van der Waals surface area contributed by atoms with E-state index in [2.05, 4.69) is 124 Å².